The summed E-state index contributed by atoms with van der Waals surface area (Å²) in [5, 5.41) is 3.53. The van der Waals surface area contributed by atoms with E-state index in [1.54, 1.807) is 7.11 Å². The van der Waals surface area contributed by atoms with E-state index < -0.39 is 0 Å². The van der Waals surface area contributed by atoms with E-state index >= 15 is 0 Å². The van der Waals surface area contributed by atoms with Crippen molar-refractivity contribution in [3.63, 3.8) is 0 Å². The maximum Gasteiger partial charge on any atom is 0.0711 e. The molecule has 2 fully saturated rings. The maximum absolute atomic E-state index is 5.65. The molecule has 0 radical (unpaired) electrons. The quantitative estimate of drug-likeness (QED) is 0.761. The SMILES string of the molecule is COC1CNC(CN2CCCOC(C)C2)C1. The van der Waals surface area contributed by atoms with Gasteiger partial charge in [-0.05, 0) is 19.8 Å². The van der Waals surface area contributed by atoms with Crippen LogP contribution in [0, 0.1) is 0 Å². The van der Waals surface area contributed by atoms with Crippen LogP contribution in [0.4, 0.5) is 0 Å². The van der Waals surface area contributed by atoms with Crippen LogP contribution in [0.15, 0.2) is 0 Å². The van der Waals surface area contributed by atoms with E-state index in [0.717, 1.165) is 39.1 Å². The number of ether oxygens (including phenoxy) is 2. The zero-order chi connectivity index (χ0) is 11.4. The molecule has 16 heavy (non-hydrogen) atoms. The minimum Gasteiger partial charge on any atom is -0.380 e. The Kier molecular flexibility index (Phi) is 4.58. The summed E-state index contributed by atoms with van der Waals surface area (Å²) in [4.78, 5) is 2.52. The van der Waals surface area contributed by atoms with Crippen LogP contribution in [-0.2, 0) is 9.47 Å². The minimum absolute atomic E-state index is 0.377. The fourth-order valence-electron chi connectivity index (χ4n) is 2.66. The van der Waals surface area contributed by atoms with Crippen LogP contribution in [0.25, 0.3) is 0 Å². The lowest BCUT2D eigenvalue weighted by atomic mass is 10.2. The lowest BCUT2D eigenvalue weighted by molar-refractivity contribution is 0.0662. The van der Waals surface area contributed by atoms with Crippen molar-refractivity contribution in [1.82, 2.24) is 10.2 Å². The highest BCUT2D eigenvalue weighted by atomic mass is 16.5. The van der Waals surface area contributed by atoms with Crippen LogP contribution in [0.2, 0.25) is 0 Å². The summed E-state index contributed by atoms with van der Waals surface area (Å²) in [6.45, 7) is 7.44. The zero-order valence-electron chi connectivity index (χ0n) is 10.4. The average molecular weight is 228 g/mol. The van der Waals surface area contributed by atoms with Crippen molar-refractivity contribution in [3.8, 4) is 0 Å². The molecule has 2 aliphatic heterocycles. The summed E-state index contributed by atoms with van der Waals surface area (Å²) in [6, 6.07) is 0.593. The van der Waals surface area contributed by atoms with E-state index in [1.165, 1.54) is 6.54 Å². The highest BCUT2D eigenvalue weighted by Gasteiger charge is 2.26. The van der Waals surface area contributed by atoms with Gasteiger partial charge < -0.3 is 14.8 Å². The van der Waals surface area contributed by atoms with Gasteiger partial charge in [0.2, 0.25) is 0 Å². The van der Waals surface area contributed by atoms with Crippen molar-refractivity contribution in [2.24, 2.45) is 0 Å². The predicted molar refractivity (Wildman–Crippen MR) is 63.7 cm³/mol. The molecule has 0 aliphatic carbocycles. The number of hydrogen-bond donors (Lipinski definition) is 1. The third-order valence-corrected chi connectivity index (χ3v) is 3.53. The Bertz CT molecular complexity index is 213. The van der Waals surface area contributed by atoms with Crippen molar-refractivity contribution in [2.75, 3.05) is 39.9 Å². The summed E-state index contributed by atoms with van der Waals surface area (Å²) in [5.41, 5.74) is 0. The van der Waals surface area contributed by atoms with Gasteiger partial charge in [-0.15, -0.1) is 0 Å². The van der Waals surface area contributed by atoms with Crippen LogP contribution in [0.3, 0.4) is 0 Å². The summed E-state index contributed by atoms with van der Waals surface area (Å²) >= 11 is 0. The van der Waals surface area contributed by atoms with E-state index in [1.807, 2.05) is 0 Å². The molecule has 4 nitrogen and oxygen atoms in total. The zero-order valence-corrected chi connectivity index (χ0v) is 10.4. The molecule has 0 amide bonds. The largest absolute Gasteiger partial charge is 0.380 e. The summed E-state index contributed by atoms with van der Waals surface area (Å²) in [6.07, 6.45) is 3.08. The van der Waals surface area contributed by atoms with Crippen molar-refractivity contribution in [3.05, 3.63) is 0 Å². The number of nitrogens with one attached hydrogen (secondary N) is 1. The molecule has 0 aromatic rings. The van der Waals surface area contributed by atoms with Crippen molar-refractivity contribution < 1.29 is 9.47 Å². The highest BCUT2D eigenvalue weighted by molar-refractivity contribution is 4.85. The first-order valence-electron chi connectivity index (χ1n) is 6.38. The van der Waals surface area contributed by atoms with E-state index in [-0.39, 0.29) is 0 Å². The second-order valence-electron chi connectivity index (χ2n) is 4.99. The topological polar surface area (TPSA) is 33.7 Å². The Balaban J connectivity index is 1.75. The van der Waals surface area contributed by atoms with Crippen LogP contribution >= 0.6 is 0 Å². The molecule has 0 bridgehead atoms. The molecule has 0 aromatic carbocycles. The molecule has 3 atom stereocenters. The fourth-order valence-corrected chi connectivity index (χ4v) is 2.66. The van der Waals surface area contributed by atoms with Crippen molar-refractivity contribution >= 4 is 0 Å². The first kappa shape index (κ1) is 12.3. The third kappa shape index (κ3) is 3.42. The summed E-state index contributed by atoms with van der Waals surface area (Å²) < 4.78 is 11.0. The van der Waals surface area contributed by atoms with Gasteiger partial charge in [0.05, 0.1) is 12.2 Å². The van der Waals surface area contributed by atoms with Gasteiger partial charge in [0.1, 0.15) is 0 Å². The lowest BCUT2D eigenvalue weighted by Gasteiger charge is -2.25. The number of methoxy groups -OCH3 is 1. The molecule has 1 N–H and O–H groups in total. The van der Waals surface area contributed by atoms with Crippen molar-refractivity contribution in [1.29, 1.82) is 0 Å². The second kappa shape index (κ2) is 5.96. The molecule has 0 spiro atoms. The van der Waals surface area contributed by atoms with E-state index in [9.17, 15) is 0 Å². The monoisotopic (exact) mass is 228 g/mol. The molecule has 94 valence electrons. The van der Waals surface area contributed by atoms with Gasteiger partial charge in [0, 0.05) is 45.9 Å². The second-order valence-corrected chi connectivity index (χ2v) is 4.99. The maximum atomic E-state index is 5.65. The van der Waals surface area contributed by atoms with Gasteiger partial charge in [-0.3, -0.25) is 4.90 Å². The third-order valence-electron chi connectivity index (χ3n) is 3.53. The summed E-state index contributed by atoms with van der Waals surface area (Å²) in [5.74, 6) is 0. The van der Waals surface area contributed by atoms with E-state index in [0.29, 0.717) is 18.2 Å². The van der Waals surface area contributed by atoms with Gasteiger partial charge in [0.15, 0.2) is 0 Å². The molecular weight excluding hydrogens is 204 g/mol. The Morgan fingerprint density at radius 3 is 3.12 bits per heavy atom. The molecule has 2 heterocycles. The Morgan fingerprint density at radius 2 is 2.38 bits per heavy atom. The van der Waals surface area contributed by atoms with Crippen LogP contribution in [0.5, 0.6) is 0 Å². The normalized spacial score (nSPS) is 37.5. The van der Waals surface area contributed by atoms with Gasteiger partial charge in [-0.2, -0.15) is 0 Å². The Hall–Kier alpha value is -0.160. The minimum atomic E-state index is 0.377. The van der Waals surface area contributed by atoms with Crippen molar-refractivity contribution in [2.45, 2.75) is 38.0 Å². The molecular formula is C12H24N2O2. The number of nitrogens with zero attached hydrogens (tertiary/aromatic N) is 1. The molecule has 0 saturated carbocycles. The first-order valence-corrected chi connectivity index (χ1v) is 6.38. The number of rotatable bonds is 3. The molecule has 4 heteroatoms. The molecule has 3 unspecified atom stereocenters. The van der Waals surface area contributed by atoms with E-state index in [4.69, 9.17) is 9.47 Å². The first-order chi connectivity index (χ1) is 7.78. The lowest BCUT2D eigenvalue weighted by Crippen LogP contribution is -2.40. The van der Waals surface area contributed by atoms with Gasteiger partial charge >= 0.3 is 0 Å². The Morgan fingerprint density at radius 1 is 1.50 bits per heavy atom. The fraction of sp³-hybridized carbons (Fsp3) is 1.00. The van der Waals surface area contributed by atoms with Crippen LogP contribution < -0.4 is 5.32 Å². The van der Waals surface area contributed by atoms with Gasteiger partial charge in [-0.1, -0.05) is 0 Å². The smallest absolute Gasteiger partial charge is 0.0711 e. The average Bonchev–Trinajstić information content (AvgIpc) is 2.62. The molecule has 2 rings (SSSR count). The number of hydrogen-bond acceptors (Lipinski definition) is 4. The van der Waals surface area contributed by atoms with Crippen LogP contribution in [0.1, 0.15) is 19.8 Å². The standard InChI is InChI=1S/C12H24N2O2/c1-10-8-14(4-3-5-16-10)9-11-6-12(15-2)7-13-11/h10-13H,3-9H2,1-2H3. The summed E-state index contributed by atoms with van der Waals surface area (Å²) in [7, 11) is 1.80. The molecule has 0 aromatic heterocycles. The predicted octanol–water partition coefficient (Wildman–Crippen LogP) is 0.474. The Labute approximate surface area is 98.3 Å². The highest BCUT2D eigenvalue weighted by Crippen LogP contribution is 2.13. The van der Waals surface area contributed by atoms with Gasteiger partial charge in [0.25, 0.3) is 0 Å². The molecule has 2 aliphatic rings. The molecule has 2 saturated heterocycles. The van der Waals surface area contributed by atoms with Gasteiger partial charge in [-0.25, -0.2) is 0 Å². The van der Waals surface area contributed by atoms with Crippen LogP contribution in [-0.4, -0.2) is 63.0 Å². The van der Waals surface area contributed by atoms with E-state index in [2.05, 4.69) is 17.1 Å².